The summed E-state index contributed by atoms with van der Waals surface area (Å²) in [5.41, 5.74) is 0. The van der Waals surface area contributed by atoms with Crippen LogP contribution in [0.3, 0.4) is 0 Å². The van der Waals surface area contributed by atoms with Gasteiger partial charge in [0.25, 0.3) is 0 Å². The van der Waals surface area contributed by atoms with Gasteiger partial charge in [-0.15, -0.1) is 0 Å². The highest BCUT2D eigenvalue weighted by Crippen LogP contribution is 2.07. The SMILES string of the molecule is CC1CNCC(C)CN(CCOCCN(C)C)C1. The van der Waals surface area contributed by atoms with E-state index in [4.69, 9.17) is 4.74 Å². The van der Waals surface area contributed by atoms with Gasteiger partial charge >= 0.3 is 0 Å². The van der Waals surface area contributed by atoms with Gasteiger partial charge in [0.1, 0.15) is 0 Å². The maximum Gasteiger partial charge on any atom is 0.0594 e. The summed E-state index contributed by atoms with van der Waals surface area (Å²) in [6.07, 6.45) is 0. The molecule has 1 saturated heterocycles. The van der Waals surface area contributed by atoms with E-state index in [9.17, 15) is 0 Å². The van der Waals surface area contributed by atoms with E-state index >= 15 is 0 Å². The molecule has 0 aliphatic carbocycles. The Kier molecular flexibility index (Phi) is 7.82. The lowest BCUT2D eigenvalue weighted by Crippen LogP contribution is -2.43. The second kappa shape index (κ2) is 8.86. The zero-order chi connectivity index (χ0) is 13.4. The van der Waals surface area contributed by atoms with Crippen LogP contribution < -0.4 is 5.32 Å². The van der Waals surface area contributed by atoms with Gasteiger partial charge in [0.2, 0.25) is 0 Å². The van der Waals surface area contributed by atoms with Gasteiger partial charge in [0.05, 0.1) is 13.2 Å². The minimum Gasteiger partial charge on any atom is -0.379 e. The summed E-state index contributed by atoms with van der Waals surface area (Å²) < 4.78 is 5.69. The molecule has 0 spiro atoms. The molecule has 1 aliphatic rings. The fourth-order valence-corrected chi connectivity index (χ4v) is 2.39. The van der Waals surface area contributed by atoms with Crippen molar-refractivity contribution in [3.05, 3.63) is 0 Å². The summed E-state index contributed by atoms with van der Waals surface area (Å²) in [7, 11) is 4.16. The van der Waals surface area contributed by atoms with Crippen molar-refractivity contribution in [2.45, 2.75) is 13.8 Å². The van der Waals surface area contributed by atoms with E-state index in [1.54, 1.807) is 0 Å². The van der Waals surface area contributed by atoms with Gasteiger partial charge in [-0.1, -0.05) is 13.8 Å². The van der Waals surface area contributed by atoms with E-state index in [0.29, 0.717) is 0 Å². The van der Waals surface area contributed by atoms with Gasteiger partial charge in [-0.25, -0.2) is 0 Å². The highest BCUT2D eigenvalue weighted by Gasteiger charge is 2.16. The predicted octanol–water partition coefficient (Wildman–Crippen LogP) is 0.742. The molecule has 4 nitrogen and oxygen atoms in total. The highest BCUT2D eigenvalue weighted by atomic mass is 16.5. The third-order valence-electron chi connectivity index (χ3n) is 3.36. The number of ether oxygens (including phenoxy) is 1. The van der Waals surface area contributed by atoms with Crippen LogP contribution in [0.2, 0.25) is 0 Å². The molecular formula is C14H31N3O. The maximum absolute atomic E-state index is 5.69. The molecule has 1 heterocycles. The molecule has 18 heavy (non-hydrogen) atoms. The zero-order valence-corrected chi connectivity index (χ0v) is 12.6. The van der Waals surface area contributed by atoms with Crippen molar-refractivity contribution >= 4 is 0 Å². The van der Waals surface area contributed by atoms with Crippen LogP contribution in [-0.2, 0) is 4.74 Å². The smallest absolute Gasteiger partial charge is 0.0594 e. The molecule has 2 unspecified atom stereocenters. The molecule has 0 aromatic heterocycles. The quantitative estimate of drug-likeness (QED) is 0.711. The van der Waals surface area contributed by atoms with Gasteiger partial charge < -0.3 is 19.9 Å². The number of hydrogen-bond acceptors (Lipinski definition) is 4. The molecule has 0 amide bonds. The van der Waals surface area contributed by atoms with Crippen LogP contribution in [0, 0.1) is 11.8 Å². The molecule has 4 heteroatoms. The van der Waals surface area contributed by atoms with E-state index in [-0.39, 0.29) is 0 Å². The van der Waals surface area contributed by atoms with Crippen molar-refractivity contribution in [3.63, 3.8) is 0 Å². The number of nitrogens with zero attached hydrogens (tertiary/aromatic N) is 2. The Morgan fingerprint density at radius 1 is 1.11 bits per heavy atom. The van der Waals surface area contributed by atoms with Crippen molar-refractivity contribution in [1.82, 2.24) is 15.1 Å². The molecule has 1 fully saturated rings. The van der Waals surface area contributed by atoms with Crippen LogP contribution in [-0.4, -0.2) is 76.4 Å². The Balaban J connectivity index is 2.16. The largest absolute Gasteiger partial charge is 0.379 e. The molecular weight excluding hydrogens is 226 g/mol. The van der Waals surface area contributed by atoms with E-state index in [0.717, 1.165) is 51.2 Å². The number of rotatable bonds is 6. The van der Waals surface area contributed by atoms with Crippen LogP contribution in [0.4, 0.5) is 0 Å². The number of nitrogens with one attached hydrogen (secondary N) is 1. The molecule has 1 aliphatic heterocycles. The molecule has 0 bridgehead atoms. The van der Waals surface area contributed by atoms with Crippen LogP contribution >= 0.6 is 0 Å². The summed E-state index contributed by atoms with van der Waals surface area (Å²) >= 11 is 0. The Morgan fingerprint density at radius 3 is 2.28 bits per heavy atom. The lowest BCUT2D eigenvalue weighted by molar-refractivity contribution is 0.0802. The second-order valence-corrected chi connectivity index (χ2v) is 6.04. The first-order valence-corrected chi connectivity index (χ1v) is 7.23. The summed E-state index contributed by atoms with van der Waals surface area (Å²) in [4.78, 5) is 4.72. The van der Waals surface area contributed by atoms with Gasteiger partial charge in [-0.2, -0.15) is 0 Å². The summed E-state index contributed by atoms with van der Waals surface area (Å²) in [6, 6.07) is 0. The molecule has 0 aromatic rings. The van der Waals surface area contributed by atoms with Crippen LogP contribution in [0.5, 0.6) is 0 Å². The summed E-state index contributed by atoms with van der Waals surface area (Å²) in [5, 5.41) is 3.53. The Labute approximate surface area is 113 Å². The molecule has 1 N–H and O–H groups in total. The molecule has 0 saturated carbocycles. The molecule has 108 valence electrons. The van der Waals surface area contributed by atoms with Crippen molar-refractivity contribution < 1.29 is 4.74 Å². The minimum atomic E-state index is 0.735. The van der Waals surface area contributed by atoms with Gasteiger partial charge in [-0.05, 0) is 39.0 Å². The number of likely N-dealkylation sites (N-methyl/N-ethyl adjacent to an activating group) is 1. The van der Waals surface area contributed by atoms with Crippen molar-refractivity contribution in [1.29, 1.82) is 0 Å². The summed E-state index contributed by atoms with van der Waals surface area (Å²) in [6.45, 7) is 13.1. The normalized spacial score (nSPS) is 27.2. The first-order chi connectivity index (χ1) is 8.58. The third kappa shape index (κ3) is 7.31. The van der Waals surface area contributed by atoms with Crippen molar-refractivity contribution in [2.24, 2.45) is 11.8 Å². The predicted molar refractivity (Wildman–Crippen MR) is 77.0 cm³/mol. The first-order valence-electron chi connectivity index (χ1n) is 7.23. The lowest BCUT2D eigenvalue weighted by Gasteiger charge is -2.31. The average molecular weight is 257 g/mol. The molecule has 1 rings (SSSR count). The maximum atomic E-state index is 5.69. The topological polar surface area (TPSA) is 27.7 Å². The average Bonchev–Trinajstić information content (AvgIpc) is 2.25. The van der Waals surface area contributed by atoms with Crippen molar-refractivity contribution in [2.75, 3.05) is 66.6 Å². The van der Waals surface area contributed by atoms with Crippen LogP contribution in [0.25, 0.3) is 0 Å². The standard InChI is InChI=1S/C14H31N3O/c1-13-9-15-10-14(2)12-17(11-13)6-8-18-7-5-16(3)4/h13-15H,5-12H2,1-4H3. The molecule has 0 radical (unpaired) electrons. The van der Waals surface area contributed by atoms with Crippen molar-refractivity contribution in [3.8, 4) is 0 Å². The third-order valence-corrected chi connectivity index (χ3v) is 3.36. The Hall–Kier alpha value is -0.160. The second-order valence-electron chi connectivity index (χ2n) is 6.04. The fourth-order valence-electron chi connectivity index (χ4n) is 2.39. The lowest BCUT2D eigenvalue weighted by atomic mass is 10.1. The zero-order valence-electron chi connectivity index (χ0n) is 12.6. The van der Waals surface area contributed by atoms with E-state index < -0.39 is 0 Å². The Bertz CT molecular complexity index is 199. The van der Waals surface area contributed by atoms with Crippen LogP contribution in [0.1, 0.15) is 13.8 Å². The Morgan fingerprint density at radius 2 is 1.72 bits per heavy atom. The molecule has 2 atom stereocenters. The van der Waals surface area contributed by atoms with E-state index in [1.165, 1.54) is 13.1 Å². The minimum absolute atomic E-state index is 0.735. The van der Waals surface area contributed by atoms with E-state index in [1.807, 2.05) is 0 Å². The number of hydrogen-bond donors (Lipinski definition) is 1. The van der Waals surface area contributed by atoms with Gasteiger partial charge in [0.15, 0.2) is 0 Å². The fraction of sp³-hybridized carbons (Fsp3) is 1.00. The van der Waals surface area contributed by atoms with Gasteiger partial charge in [-0.3, -0.25) is 0 Å². The highest BCUT2D eigenvalue weighted by molar-refractivity contribution is 4.72. The summed E-state index contributed by atoms with van der Waals surface area (Å²) in [5.74, 6) is 1.47. The monoisotopic (exact) mass is 257 g/mol. The van der Waals surface area contributed by atoms with Gasteiger partial charge in [0, 0.05) is 26.2 Å². The van der Waals surface area contributed by atoms with E-state index in [2.05, 4.69) is 43.1 Å². The first kappa shape index (κ1) is 15.9. The van der Waals surface area contributed by atoms with Crippen LogP contribution in [0.15, 0.2) is 0 Å². The molecule has 0 aromatic carbocycles.